The van der Waals surface area contributed by atoms with Crippen LogP contribution < -0.4 is 19.5 Å². The van der Waals surface area contributed by atoms with Gasteiger partial charge in [-0.15, -0.1) is 0 Å². The van der Waals surface area contributed by atoms with E-state index in [2.05, 4.69) is 26.1 Å². The number of nitriles is 2. The lowest BCUT2D eigenvalue weighted by molar-refractivity contribution is 0.102. The predicted molar refractivity (Wildman–Crippen MR) is 215 cm³/mol. The third kappa shape index (κ3) is 19.2. The molecule has 0 aromatic heterocycles. The summed E-state index contributed by atoms with van der Waals surface area (Å²) in [5.41, 5.74) is 1.32. The number of hydrogen-bond donors (Lipinski definition) is 1. The number of amides is 1. The van der Waals surface area contributed by atoms with Crippen molar-refractivity contribution in [2.45, 2.75) is 175 Å². The maximum Gasteiger partial charge on any atom is 0.255 e. The summed E-state index contributed by atoms with van der Waals surface area (Å²) in [6.07, 6.45) is 29.0. The van der Waals surface area contributed by atoms with Gasteiger partial charge in [0, 0.05) is 11.3 Å². The van der Waals surface area contributed by atoms with Crippen LogP contribution in [-0.2, 0) is 0 Å². The fourth-order valence-corrected chi connectivity index (χ4v) is 6.33. The number of ether oxygens (including phenoxy) is 3. The minimum absolute atomic E-state index is 0.216. The Labute approximate surface area is 316 Å². The second-order valence-electron chi connectivity index (χ2n) is 14.2. The van der Waals surface area contributed by atoms with E-state index in [9.17, 15) is 15.3 Å². The van der Waals surface area contributed by atoms with Crippen LogP contribution in [0.2, 0.25) is 0 Å². The van der Waals surface area contributed by atoms with Gasteiger partial charge in [-0.25, -0.2) is 0 Å². The van der Waals surface area contributed by atoms with Crippen molar-refractivity contribution in [2.24, 2.45) is 0 Å². The summed E-state index contributed by atoms with van der Waals surface area (Å²) in [6, 6.07) is 12.3. The Hall–Kier alpha value is -3.71. The SMILES string of the molecule is CCCCCCCCCCOc1cc(C(=O)Nc2ccc(C#N)c(C#N)c2)cc(OCCCCCCCCCC)c1OCCCCCCCCCC. The van der Waals surface area contributed by atoms with Crippen LogP contribution in [-0.4, -0.2) is 25.7 Å². The molecule has 7 nitrogen and oxygen atoms in total. The molecule has 0 unspecified atom stereocenters. The van der Waals surface area contributed by atoms with Crippen molar-refractivity contribution in [3.05, 3.63) is 47.0 Å². The third-order valence-electron chi connectivity index (χ3n) is 9.56. The molecule has 0 aliphatic rings. The molecule has 0 saturated carbocycles. The normalized spacial score (nSPS) is 10.8. The first-order valence-corrected chi connectivity index (χ1v) is 20.9. The summed E-state index contributed by atoms with van der Waals surface area (Å²) >= 11 is 0. The highest BCUT2D eigenvalue weighted by Crippen LogP contribution is 2.40. The van der Waals surface area contributed by atoms with E-state index in [1.165, 1.54) is 122 Å². The van der Waals surface area contributed by atoms with Crippen LogP contribution in [0.5, 0.6) is 17.2 Å². The highest BCUT2D eigenvalue weighted by molar-refractivity contribution is 6.05. The first-order chi connectivity index (χ1) is 25.6. The monoisotopic (exact) mass is 716 g/mol. The summed E-state index contributed by atoms with van der Waals surface area (Å²) in [7, 11) is 0. The zero-order valence-electron chi connectivity index (χ0n) is 33.0. The first-order valence-electron chi connectivity index (χ1n) is 20.9. The molecule has 2 aromatic carbocycles. The Morgan fingerprint density at radius 2 is 0.904 bits per heavy atom. The molecule has 1 amide bonds. The second-order valence-corrected chi connectivity index (χ2v) is 14.2. The standard InChI is InChI=1S/C45H69N3O4/c1-4-7-10-13-16-19-22-25-30-50-42-34-39(45(49)48-41-29-28-38(36-46)40(33-41)37-47)35-43(51-31-26-23-20-17-14-11-8-5-2)44(42)52-32-27-24-21-18-15-12-9-6-3/h28-29,33-35H,4-27,30-32H2,1-3H3,(H,48,49). The van der Waals surface area contributed by atoms with Gasteiger partial charge in [-0.2, -0.15) is 10.5 Å². The van der Waals surface area contributed by atoms with Gasteiger partial charge in [-0.3, -0.25) is 4.79 Å². The molecular formula is C45H69N3O4. The number of nitrogens with one attached hydrogen (secondary N) is 1. The summed E-state index contributed by atoms with van der Waals surface area (Å²) in [5, 5.41) is 21.7. The molecule has 7 heteroatoms. The second kappa shape index (κ2) is 29.8. The van der Waals surface area contributed by atoms with Crippen molar-refractivity contribution in [1.29, 1.82) is 10.5 Å². The van der Waals surface area contributed by atoms with Crippen LogP contribution in [0.4, 0.5) is 5.69 Å². The van der Waals surface area contributed by atoms with E-state index in [4.69, 9.17) is 14.2 Å². The smallest absolute Gasteiger partial charge is 0.255 e. The van der Waals surface area contributed by atoms with E-state index in [-0.39, 0.29) is 17.0 Å². The molecular weight excluding hydrogens is 647 g/mol. The Balaban J connectivity index is 2.20. The number of unbranched alkanes of at least 4 members (excludes halogenated alkanes) is 21. The molecule has 1 N–H and O–H groups in total. The van der Waals surface area contributed by atoms with Gasteiger partial charge in [0.25, 0.3) is 5.91 Å². The number of carbonyl (C=O) groups excluding carboxylic acids is 1. The highest BCUT2D eigenvalue weighted by atomic mass is 16.5. The van der Waals surface area contributed by atoms with Crippen LogP contribution >= 0.6 is 0 Å². The number of anilines is 1. The molecule has 0 saturated heterocycles. The summed E-state index contributed by atoms with van der Waals surface area (Å²) < 4.78 is 19.2. The number of hydrogen-bond acceptors (Lipinski definition) is 6. The molecule has 288 valence electrons. The van der Waals surface area contributed by atoms with Gasteiger partial charge in [0.15, 0.2) is 11.5 Å². The van der Waals surface area contributed by atoms with Crippen molar-refractivity contribution in [1.82, 2.24) is 0 Å². The van der Waals surface area contributed by atoms with E-state index in [0.29, 0.717) is 48.3 Å². The molecule has 0 radical (unpaired) electrons. The average Bonchev–Trinajstić information content (AvgIpc) is 3.16. The molecule has 2 aromatic rings. The van der Waals surface area contributed by atoms with Gasteiger partial charge in [0.05, 0.1) is 30.9 Å². The largest absolute Gasteiger partial charge is 0.490 e. The van der Waals surface area contributed by atoms with E-state index < -0.39 is 0 Å². The maximum atomic E-state index is 13.6. The van der Waals surface area contributed by atoms with Crippen LogP contribution in [0.25, 0.3) is 0 Å². The number of rotatable bonds is 32. The molecule has 2 rings (SSSR count). The van der Waals surface area contributed by atoms with Crippen LogP contribution in [0, 0.1) is 22.7 Å². The third-order valence-corrected chi connectivity index (χ3v) is 9.56. The van der Waals surface area contributed by atoms with Gasteiger partial charge < -0.3 is 19.5 Å². The lowest BCUT2D eigenvalue weighted by atomic mass is 10.1. The van der Waals surface area contributed by atoms with Gasteiger partial charge in [0.2, 0.25) is 5.75 Å². The Bertz CT molecular complexity index is 1290. The van der Waals surface area contributed by atoms with Crippen LogP contribution in [0.3, 0.4) is 0 Å². The van der Waals surface area contributed by atoms with E-state index >= 15 is 0 Å². The molecule has 0 aliphatic heterocycles. The fourth-order valence-electron chi connectivity index (χ4n) is 6.33. The van der Waals surface area contributed by atoms with Gasteiger partial charge in [-0.05, 0) is 49.6 Å². The van der Waals surface area contributed by atoms with Crippen LogP contribution in [0.1, 0.15) is 196 Å². The highest BCUT2D eigenvalue weighted by Gasteiger charge is 2.20. The topological polar surface area (TPSA) is 104 Å². The zero-order valence-corrected chi connectivity index (χ0v) is 33.0. The maximum absolute atomic E-state index is 13.6. The van der Waals surface area contributed by atoms with Gasteiger partial charge in [-0.1, -0.05) is 156 Å². The molecule has 0 heterocycles. The number of carbonyl (C=O) groups is 1. The molecule has 0 bridgehead atoms. The van der Waals surface area contributed by atoms with E-state index in [1.807, 2.05) is 12.1 Å². The summed E-state index contributed by atoms with van der Waals surface area (Å²) in [6.45, 7) is 8.37. The Morgan fingerprint density at radius 3 is 1.31 bits per heavy atom. The lowest BCUT2D eigenvalue weighted by Gasteiger charge is -2.19. The summed E-state index contributed by atoms with van der Waals surface area (Å²) in [4.78, 5) is 13.6. The minimum Gasteiger partial charge on any atom is -0.490 e. The number of benzene rings is 2. The summed E-state index contributed by atoms with van der Waals surface area (Å²) in [5.74, 6) is 1.28. The van der Waals surface area contributed by atoms with Crippen molar-refractivity contribution in [3.8, 4) is 29.4 Å². The molecule has 0 spiro atoms. The van der Waals surface area contributed by atoms with Crippen molar-refractivity contribution >= 4 is 11.6 Å². The first kappa shape index (κ1) is 44.5. The van der Waals surface area contributed by atoms with Gasteiger partial charge in [0.1, 0.15) is 12.1 Å². The van der Waals surface area contributed by atoms with Crippen molar-refractivity contribution in [2.75, 3.05) is 25.1 Å². The quantitative estimate of drug-likeness (QED) is 0.0756. The molecule has 52 heavy (non-hydrogen) atoms. The minimum atomic E-state index is -0.350. The lowest BCUT2D eigenvalue weighted by Crippen LogP contribution is -2.14. The molecule has 0 fully saturated rings. The van der Waals surface area contributed by atoms with Crippen LogP contribution in [0.15, 0.2) is 30.3 Å². The molecule has 0 aliphatic carbocycles. The fraction of sp³-hybridized carbons (Fsp3) is 0.667. The van der Waals surface area contributed by atoms with E-state index in [0.717, 1.165) is 38.5 Å². The predicted octanol–water partition coefficient (Wildman–Crippen LogP) is 13.2. The number of nitrogens with zero attached hydrogens (tertiary/aromatic N) is 2. The Kier molecular flexibility index (Phi) is 25.5. The van der Waals surface area contributed by atoms with E-state index in [1.54, 1.807) is 24.3 Å². The zero-order chi connectivity index (χ0) is 37.5. The van der Waals surface area contributed by atoms with Gasteiger partial charge >= 0.3 is 0 Å². The van der Waals surface area contributed by atoms with Crippen molar-refractivity contribution in [3.63, 3.8) is 0 Å². The van der Waals surface area contributed by atoms with Crippen molar-refractivity contribution < 1.29 is 19.0 Å². The molecule has 0 atom stereocenters. The Morgan fingerprint density at radius 1 is 0.519 bits per heavy atom. The average molecular weight is 716 g/mol.